The number of hydrogen-bond donors (Lipinski definition) is 2. The molecule has 0 bridgehead atoms. The van der Waals surface area contributed by atoms with Crippen molar-refractivity contribution in [2.75, 3.05) is 12.7 Å². The molecule has 12 heteroatoms. The number of carboxylic acid groups (broad SMARTS) is 2. The first-order valence-corrected chi connectivity index (χ1v) is 8.13. The highest BCUT2D eigenvalue weighted by molar-refractivity contribution is 7.16. The minimum atomic E-state index is -1.03. The van der Waals surface area contributed by atoms with Gasteiger partial charge in [0.1, 0.15) is 23.8 Å². The number of ether oxygens (including phenoxy) is 2. The second-order valence-electron chi connectivity index (χ2n) is 4.24. The van der Waals surface area contributed by atoms with Crippen LogP contribution >= 0.6 is 18.5 Å². The summed E-state index contributed by atoms with van der Waals surface area (Å²) in [6.07, 6.45) is 3.34. The molecule has 0 radical (unpaired) electrons. The maximum absolute atomic E-state index is 10.6. The second kappa shape index (κ2) is 9.20. The highest BCUT2D eigenvalue weighted by atomic mass is 31.0. The third-order valence-electron chi connectivity index (χ3n) is 2.58. The Morgan fingerprint density at radius 2 is 1.71 bits per heavy atom. The van der Waals surface area contributed by atoms with Crippen molar-refractivity contribution in [3.8, 4) is 11.8 Å². The lowest BCUT2D eigenvalue weighted by atomic mass is 10.3. The molecule has 2 rings (SSSR count). The third kappa shape index (κ3) is 5.18. The molecule has 0 aromatic carbocycles. The number of carbonyl (C=O) groups is 2. The molecule has 0 saturated carbocycles. The lowest BCUT2D eigenvalue weighted by Crippen LogP contribution is -2.03. The minimum Gasteiger partial charge on any atom is -0.477 e. The molecular weight excluding hydrogens is 358 g/mol. The van der Waals surface area contributed by atoms with Gasteiger partial charge in [0, 0.05) is 20.3 Å². The summed E-state index contributed by atoms with van der Waals surface area (Å²) >= 11 is 0. The number of aromatic nitrogens is 4. The van der Waals surface area contributed by atoms with Crippen molar-refractivity contribution >= 4 is 30.4 Å². The maximum Gasteiger partial charge on any atom is 0.342 e. The van der Waals surface area contributed by atoms with Crippen LogP contribution in [0.15, 0.2) is 12.4 Å². The third-order valence-corrected chi connectivity index (χ3v) is 2.91. The number of carboxylic acids is 2. The standard InChI is InChI=1S/2C6H9N2O3P/c1-8-2-4(6(9)10)5(7-8)11-3-12;1-8-5(11-3-12)4(2-7-8)6(9)10/h2*2H,3,12H2,1H3,(H,9,10). The van der Waals surface area contributed by atoms with E-state index in [9.17, 15) is 9.59 Å². The van der Waals surface area contributed by atoms with Crippen LogP contribution in [0.25, 0.3) is 0 Å². The van der Waals surface area contributed by atoms with Crippen LogP contribution in [-0.4, -0.2) is 54.4 Å². The molecule has 0 fully saturated rings. The van der Waals surface area contributed by atoms with Crippen molar-refractivity contribution in [2.45, 2.75) is 0 Å². The van der Waals surface area contributed by atoms with Gasteiger partial charge in [-0.3, -0.25) is 4.68 Å². The summed E-state index contributed by atoms with van der Waals surface area (Å²) in [7, 11) is 7.94. The molecule has 2 atom stereocenters. The smallest absolute Gasteiger partial charge is 0.342 e. The predicted octanol–water partition coefficient (Wildman–Crippen LogP) is 0.659. The van der Waals surface area contributed by atoms with Gasteiger partial charge in [-0.1, -0.05) is 18.5 Å². The predicted molar refractivity (Wildman–Crippen MR) is 90.7 cm³/mol. The van der Waals surface area contributed by atoms with E-state index in [2.05, 4.69) is 28.7 Å². The molecule has 2 aromatic rings. The van der Waals surface area contributed by atoms with Crippen LogP contribution in [-0.2, 0) is 14.1 Å². The van der Waals surface area contributed by atoms with Crippen LogP contribution in [0.1, 0.15) is 20.7 Å². The highest BCUT2D eigenvalue weighted by Crippen LogP contribution is 2.17. The van der Waals surface area contributed by atoms with Crippen molar-refractivity contribution < 1.29 is 29.3 Å². The molecule has 0 aliphatic rings. The van der Waals surface area contributed by atoms with Crippen molar-refractivity contribution in [2.24, 2.45) is 14.1 Å². The van der Waals surface area contributed by atoms with E-state index >= 15 is 0 Å². The Hall–Kier alpha value is -2.18. The van der Waals surface area contributed by atoms with Crippen LogP contribution in [0.5, 0.6) is 11.8 Å². The van der Waals surface area contributed by atoms with Crippen molar-refractivity contribution in [1.29, 1.82) is 0 Å². The molecule has 24 heavy (non-hydrogen) atoms. The van der Waals surface area contributed by atoms with Gasteiger partial charge in [-0.05, 0) is 0 Å². The number of nitrogens with zero attached hydrogens (tertiary/aromatic N) is 4. The summed E-state index contributed by atoms with van der Waals surface area (Å²) in [4.78, 5) is 21.1. The lowest BCUT2D eigenvalue weighted by Gasteiger charge is -2.02. The first-order valence-electron chi connectivity index (χ1n) is 6.49. The van der Waals surface area contributed by atoms with E-state index in [1.807, 2.05) is 0 Å². The monoisotopic (exact) mass is 376 g/mol. The molecule has 2 unspecified atom stereocenters. The number of aryl methyl sites for hydroxylation is 2. The van der Waals surface area contributed by atoms with E-state index in [-0.39, 0.29) is 22.9 Å². The Bertz CT molecular complexity index is 702. The zero-order chi connectivity index (χ0) is 18.3. The summed E-state index contributed by atoms with van der Waals surface area (Å²) in [5.41, 5.74) is 0.167. The van der Waals surface area contributed by atoms with E-state index < -0.39 is 11.9 Å². The Balaban J connectivity index is 0.000000240. The van der Waals surface area contributed by atoms with E-state index in [1.54, 1.807) is 14.1 Å². The average Bonchev–Trinajstić information content (AvgIpc) is 3.05. The number of hydrogen-bond acceptors (Lipinski definition) is 6. The molecule has 2 N–H and O–H groups in total. The summed E-state index contributed by atoms with van der Waals surface area (Å²) in [5, 5.41) is 24.9. The topological polar surface area (TPSA) is 129 Å². The Morgan fingerprint density at radius 1 is 1.12 bits per heavy atom. The van der Waals surface area contributed by atoms with Crippen LogP contribution in [0.3, 0.4) is 0 Å². The molecule has 0 aliphatic carbocycles. The zero-order valence-electron chi connectivity index (χ0n) is 13.0. The van der Waals surface area contributed by atoms with Gasteiger partial charge in [0.25, 0.3) is 0 Å². The van der Waals surface area contributed by atoms with Crippen LogP contribution < -0.4 is 9.47 Å². The van der Waals surface area contributed by atoms with E-state index in [4.69, 9.17) is 19.7 Å². The second-order valence-corrected chi connectivity index (χ2v) is 4.91. The van der Waals surface area contributed by atoms with E-state index in [0.29, 0.717) is 12.7 Å². The van der Waals surface area contributed by atoms with Crippen LogP contribution in [0, 0.1) is 0 Å². The van der Waals surface area contributed by atoms with Gasteiger partial charge in [-0.15, -0.1) is 5.10 Å². The number of aromatic carboxylic acids is 2. The molecule has 132 valence electrons. The fraction of sp³-hybridized carbons (Fsp3) is 0.333. The molecule has 0 aliphatic heterocycles. The summed E-state index contributed by atoms with van der Waals surface area (Å²) in [6.45, 7) is 0. The fourth-order valence-electron chi connectivity index (χ4n) is 1.62. The van der Waals surface area contributed by atoms with Crippen molar-refractivity contribution in [3.63, 3.8) is 0 Å². The first-order chi connectivity index (χ1) is 11.3. The molecule has 0 amide bonds. The Morgan fingerprint density at radius 3 is 2.21 bits per heavy atom. The quantitative estimate of drug-likeness (QED) is 0.704. The molecular formula is C12H18N4O6P2. The molecule has 2 aromatic heterocycles. The van der Waals surface area contributed by atoms with Crippen molar-refractivity contribution in [3.05, 3.63) is 23.5 Å². The fourth-order valence-corrected chi connectivity index (χ4v) is 1.94. The minimum absolute atomic E-state index is 0.0833. The largest absolute Gasteiger partial charge is 0.477 e. The van der Waals surface area contributed by atoms with Crippen LogP contribution in [0.2, 0.25) is 0 Å². The van der Waals surface area contributed by atoms with Gasteiger partial charge < -0.3 is 19.7 Å². The van der Waals surface area contributed by atoms with Gasteiger partial charge in [-0.25, -0.2) is 14.3 Å². The molecule has 2 heterocycles. The van der Waals surface area contributed by atoms with Crippen molar-refractivity contribution in [1.82, 2.24) is 19.6 Å². The molecule has 10 nitrogen and oxygen atoms in total. The van der Waals surface area contributed by atoms with E-state index in [1.165, 1.54) is 21.8 Å². The average molecular weight is 376 g/mol. The lowest BCUT2D eigenvalue weighted by molar-refractivity contribution is 0.0681. The van der Waals surface area contributed by atoms with Gasteiger partial charge in [-0.2, -0.15) is 5.10 Å². The molecule has 0 saturated heterocycles. The summed E-state index contributed by atoms with van der Waals surface area (Å²) in [5.74, 6) is -1.63. The highest BCUT2D eigenvalue weighted by Gasteiger charge is 2.16. The summed E-state index contributed by atoms with van der Waals surface area (Å²) < 4.78 is 12.8. The van der Waals surface area contributed by atoms with Gasteiger partial charge >= 0.3 is 11.9 Å². The zero-order valence-corrected chi connectivity index (χ0v) is 15.3. The Kier molecular flexibility index (Phi) is 7.61. The van der Waals surface area contributed by atoms with Gasteiger partial charge in [0.2, 0.25) is 11.8 Å². The van der Waals surface area contributed by atoms with Gasteiger partial charge in [0.15, 0.2) is 0 Å². The number of rotatable bonds is 6. The first kappa shape index (κ1) is 19.9. The van der Waals surface area contributed by atoms with E-state index in [0.717, 1.165) is 0 Å². The van der Waals surface area contributed by atoms with Crippen LogP contribution in [0.4, 0.5) is 0 Å². The molecule has 0 spiro atoms. The maximum atomic E-state index is 10.6. The normalized spacial score (nSPS) is 9.83. The Labute approximate surface area is 142 Å². The SMILES string of the molecule is Cn1cc(C(=O)O)c(OCP)n1.Cn1ncc(C(=O)O)c1OCP. The summed E-state index contributed by atoms with van der Waals surface area (Å²) in [6, 6.07) is 0. The van der Waals surface area contributed by atoms with Gasteiger partial charge in [0.05, 0.1) is 6.20 Å².